The van der Waals surface area contributed by atoms with Gasteiger partial charge in [-0.25, -0.2) is 0 Å². The Morgan fingerprint density at radius 3 is 2.67 bits per heavy atom. The summed E-state index contributed by atoms with van der Waals surface area (Å²) in [5, 5.41) is 12.1. The number of benzene rings is 1. The van der Waals surface area contributed by atoms with E-state index in [9.17, 15) is 4.79 Å². The number of hydrogen-bond donors (Lipinski definition) is 1. The van der Waals surface area contributed by atoms with Crippen molar-refractivity contribution >= 4 is 17.7 Å². The van der Waals surface area contributed by atoms with Crippen LogP contribution < -0.4 is 5.32 Å². The molecule has 1 aromatic carbocycles. The number of rotatable bonds is 8. The first-order chi connectivity index (χ1) is 11.6. The Morgan fingerprint density at radius 1 is 1.33 bits per heavy atom. The molecule has 0 aliphatic rings. The molecule has 2 aromatic rings. The zero-order chi connectivity index (χ0) is 17.5. The van der Waals surface area contributed by atoms with E-state index >= 15 is 0 Å². The summed E-state index contributed by atoms with van der Waals surface area (Å²) in [7, 11) is 0. The molecule has 5 nitrogen and oxygen atoms in total. The largest absolute Gasteiger partial charge is 0.352 e. The maximum absolute atomic E-state index is 12.1. The minimum absolute atomic E-state index is 0.0279. The summed E-state index contributed by atoms with van der Waals surface area (Å²) in [6, 6.07) is 10.3. The van der Waals surface area contributed by atoms with Gasteiger partial charge in [-0.15, -0.1) is 16.8 Å². The van der Waals surface area contributed by atoms with Crippen molar-refractivity contribution < 1.29 is 4.79 Å². The third-order valence-electron chi connectivity index (χ3n) is 3.80. The fourth-order valence-electron chi connectivity index (χ4n) is 2.25. The Morgan fingerprint density at radius 2 is 2.04 bits per heavy atom. The minimum atomic E-state index is -0.249. The number of thioether (sulfide) groups is 1. The molecule has 2 rings (SSSR count). The Kier molecular flexibility index (Phi) is 6.61. The van der Waals surface area contributed by atoms with Crippen molar-refractivity contribution in [2.24, 2.45) is 0 Å². The SMILES string of the molecule is C=CCNC(=O)C(C)Sc1nnc(-c2ccccc2)n1C(C)CC. The summed E-state index contributed by atoms with van der Waals surface area (Å²) in [4.78, 5) is 12.1. The molecule has 24 heavy (non-hydrogen) atoms. The third-order valence-corrected chi connectivity index (χ3v) is 4.86. The van der Waals surface area contributed by atoms with Crippen LogP contribution in [0.25, 0.3) is 11.4 Å². The maximum atomic E-state index is 12.1. The summed E-state index contributed by atoms with van der Waals surface area (Å²) < 4.78 is 2.12. The van der Waals surface area contributed by atoms with E-state index in [-0.39, 0.29) is 17.2 Å². The van der Waals surface area contributed by atoms with Crippen LogP contribution in [0.1, 0.15) is 33.2 Å². The van der Waals surface area contributed by atoms with E-state index in [0.717, 1.165) is 23.0 Å². The van der Waals surface area contributed by atoms with Gasteiger partial charge in [-0.05, 0) is 20.3 Å². The van der Waals surface area contributed by atoms with Crippen LogP contribution >= 0.6 is 11.8 Å². The van der Waals surface area contributed by atoms with Crippen molar-refractivity contribution in [3.8, 4) is 11.4 Å². The van der Waals surface area contributed by atoms with Crippen LogP contribution in [-0.2, 0) is 4.79 Å². The first kappa shape index (κ1) is 18.3. The second kappa shape index (κ2) is 8.68. The van der Waals surface area contributed by atoms with Crippen molar-refractivity contribution in [2.75, 3.05) is 6.54 Å². The quantitative estimate of drug-likeness (QED) is 0.586. The average Bonchev–Trinajstić information content (AvgIpc) is 3.03. The number of carbonyl (C=O) groups is 1. The van der Waals surface area contributed by atoms with Crippen molar-refractivity contribution in [3.05, 3.63) is 43.0 Å². The number of aromatic nitrogens is 3. The monoisotopic (exact) mass is 344 g/mol. The number of nitrogens with one attached hydrogen (secondary N) is 1. The molecule has 0 saturated heterocycles. The Balaban J connectivity index is 2.29. The van der Waals surface area contributed by atoms with Crippen molar-refractivity contribution in [1.82, 2.24) is 20.1 Å². The van der Waals surface area contributed by atoms with Crippen molar-refractivity contribution in [3.63, 3.8) is 0 Å². The van der Waals surface area contributed by atoms with Gasteiger partial charge in [0.1, 0.15) is 0 Å². The number of nitrogens with zero attached hydrogens (tertiary/aromatic N) is 3. The van der Waals surface area contributed by atoms with Gasteiger partial charge in [0, 0.05) is 18.2 Å². The molecular formula is C18H24N4OS. The lowest BCUT2D eigenvalue weighted by molar-refractivity contribution is -0.120. The number of carbonyl (C=O) groups excluding carboxylic acids is 1. The summed E-state index contributed by atoms with van der Waals surface area (Å²) in [6.45, 7) is 10.2. The Hall–Kier alpha value is -2.08. The molecule has 0 aliphatic carbocycles. The van der Waals surface area contributed by atoms with Gasteiger partial charge < -0.3 is 5.32 Å². The van der Waals surface area contributed by atoms with E-state index in [0.29, 0.717) is 6.54 Å². The van der Waals surface area contributed by atoms with Crippen molar-refractivity contribution in [2.45, 2.75) is 43.6 Å². The van der Waals surface area contributed by atoms with Gasteiger partial charge in [0.2, 0.25) is 5.91 Å². The normalized spacial score (nSPS) is 13.3. The van der Waals surface area contributed by atoms with Crippen LogP contribution in [0.4, 0.5) is 0 Å². The van der Waals surface area contributed by atoms with Gasteiger partial charge in [-0.2, -0.15) is 0 Å². The van der Waals surface area contributed by atoms with Crippen LogP contribution in [-0.4, -0.2) is 32.5 Å². The molecule has 0 radical (unpaired) electrons. The van der Waals surface area contributed by atoms with Gasteiger partial charge >= 0.3 is 0 Å². The summed E-state index contributed by atoms with van der Waals surface area (Å²) in [5.74, 6) is 0.811. The molecule has 1 heterocycles. The first-order valence-electron chi connectivity index (χ1n) is 8.14. The lowest BCUT2D eigenvalue weighted by atomic mass is 10.2. The van der Waals surface area contributed by atoms with Crippen LogP contribution in [0.3, 0.4) is 0 Å². The molecule has 0 bridgehead atoms. The fourth-order valence-corrected chi connectivity index (χ4v) is 3.22. The minimum Gasteiger partial charge on any atom is -0.352 e. The molecule has 128 valence electrons. The average molecular weight is 344 g/mol. The molecule has 2 atom stereocenters. The predicted octanol–water partition coefficient (Wildman–Crippen LogP) is 3.70. The predicted molar refractivity (Wildman–Crippen MR) is 99.0 cm³/mol. The van der Waals surface area contributed by atoms with Gasteiger partial charge in [0.15, 0.2) is 11.0 Å². The Bertz CT molecular complexity index is 684. The Labute approximate surface area is 147 Å². The van der Waals surface area contributed by atoms with E-state index in [1.165, 1.54) is 11.8 Å². The molecule has 0 aliphatic heterocycles. The number of hydrogen-bond acceptors (Lipinski definition) is 4. The zero-order valence-electron chi connectivity index (χ0n) is 14.4. The van der Waals surface area contributed by atoms with Gasteiger partial charge in [0.05, 0.1) is 5.25 Å². The smallest absolute Gasteiger partial charge is 0.233 e. The third kappa shape index (κ3) is 4.26. The number of amides is 1. The molecule has 1 amide bonds. The van der Waals surface area contributed by atoms with Crippen LogP contribution in [0.5, 0.6) is 0 Å². The van der Waals surface area contributed by atoms with Crippen LogP contribution in [0.15, 0.2) is 48.1 Å². The summed E-state index contributed by atoms with van der Waals surface area (Å²) in [6.07, 6.45) is 2.63. The van der Waals surface area contributed by atoms with Gasteiger partial charge in [-0.3, -0.25) is 9.36 Å². The molecule has 1 aromatic heterocycles. The highest BCUT2D eigenvalue weighted by Crippen LogP contribution is 2.30. The highest BCUT2D eigenvalue weighted by atomic mass is 32.2. The summed E-state index contributed by atoms with van der Waals surface area (Å²) >= 11 is 1.43. The molecule has 2 unspecified atom stereocenters. The van der Waals surface area contributed by atoms with E-state index in [2.05, 4.69) is 40.5 Å². The van der Waals surface area contributed by atoms with Gasteiger partial charge in [-0.1, -0.05) is 55.1 Å². The van der Waals surface area contributed by atoms with Crippen LogP contribution in [0.2, 0.25) is 0 Å². The summed E-state index contributed by atoms with van der Waals surface area (Å²) in [5.41, 5.74) is 1.03. The topological polar surface area (TPSA) is 59.8 Å². The lowest BCUT2D eigenvalue weighted by Crippen LogP contribution is -2.31. The lowest BCUT2D eigenvalue weighted by Gasteiger charge is -2.18. The second-order valence-electron chi connectivity index (χ2n) is 5.59. The highest BCUT2D eigenvalue weighted by Gasteiger charge is 2.22. The second-order valence-corrected chi connectivity index (χ2v) is 6.90. The fraction of sp³-hybridized carbons (Fsp3) is 0.389. The molecule has 0 spiro atoms. The highest BCUT2D eigenvalue weighted by molar-refractivity contribution is 8.00. The molecule has 0 fully saturated rings. The maximum Gasteiger partial charge on any atom is 0.233 e. The van der Waals surface area contributed by atoms with E-state index in [4.69, 9.17) is 0 Å². The molecule has 1 N–H and O–H groups in total. The van der Waals surface area contributed by atoms with Crippen LogP contribution in [0, 0.1) is 0 Å². The zero-order valence-corrected chi connectivity index (χ0v) is 15.2. The molecular weight excluding hydrogens is 320 g/mol. The molecule has 6 heteroatoms. The van der Waals surface area contributed by atoms with Crippen molar-refractivity contribution in [1.29, 1.82) is 0 Å². The first-order valence-corrected chi connectivity index (χ1v) is 9.02. The van der Waals surface area contributed by atoms with Gasteiger partial charge in [0.25, 0.3) is 0 Å². The van der Waals surface area contributed by atoms with E-state index in [1.807, 2.05) is 37.3 Å². The van der Waals surface area contributed by atoms with E-state index in [1.54, 1.807) is 6.08 Å². The van der Waals surface area contributed by atoms with E-state index < -0.39 is 0 Å². The molecule has 0 saturated carbocycles. The standard InChI is InChI=1S/C18H24N4OS/c1-5-12-19-17(23)14(4)24-18-21-20-16(22(18)13(3)6-2)15-10-8-7-9-11-15/h5,7-11,13-14H,1,6,12H2,2-4H3,(H,19,23).